The zero-order chi connectivity index (χ0) is 48.0. The summed E-state index contributed by atoms with van der Waals surface area (Å²) >= 11 is 5.56. The van der Waals surface area contributed by atoms with E-state index in [-0.39, 0.29) is 73.8 Å². The Labute approximate surface area is 404 Å². The topological polar surface area (TPSA) is 202 Å². The highest BCUT2D eigenvalue weighted by molar-refractivity contribution is 6.16. The van der Waals surface area contributed by atoms with Gasteiger partial charge in [-0.3, -0.25) is 14.5 Å². The van der Waals surface area contributed by atoms with Crippen molar-refractivity contribution >= 4 is 33.9 Å². The molecule has 2 aliphatic heterocycles. The number of rotatable bonds is 7. The SMILES string of the molecule is C.CC1CNCC1c1nn2c(C3CCC(F)(F)CC3)ncc2c(=O)[nH]1.C[C@@H]1CN(Cc2nc3ccccn3n2)C[C@H]1c1nn2c(C3CCC(F)(F)CC3)ncc2c(=O)[nH]1.ClCc1nc2ccccn2n1. The van der Waals surface area contributed by atoms with E-state index in [0.717, 1.165) is 36.8 Å². The van der Waals surface area contributed by atoms with Crippen molar-refractivity contribution in [2.24, 2.45) is 11.8 Å². The highest BCUT2D eigenvalue weighted by atomic mass is 35.5. The average Bonchev–Trinajstić information content (AvgIpc) is 4.20. The standard InChI is InChI=1S/C23H26F2N8O.C16H21F2N5O.C7H6ClN3.CH4/c1-14-11-31(13-18-27-19-4-2-3-9-32(19)29-18)12-16(14)20-28-22(34)17-10-26-21(33(17)30-20)15-5-7-23(24,25)8-6-15;1-9-6-19-7-11(9)13-21-15(24)12-8-20-14(23(12)22-13)10-2-4-16(17,18)5-3-10;8-5-6-9-7-3-1-2-4-11(7)10-6;/h2-4,9-10,14-16H,5-8,11-13H2,1H3,(H,28,30,34);8-11,19H,2-7H2,1H3,(H,21,22,24);1-4H,5H2;1H4/t14-,16-;;;/m1.../s1. The molecule has 0 spiro atoms. The van der Waals surface area contributed by atoms with Crippen LogP contribution in [-0.4, -0.2) is 111 Å². The fraction of sp³-hybridized carbons (Fsp3) is 0.532. The van der Waals surface area contributed by atoms with Crippen molar-refractivity contribution in [1.82, 2.24) is 78.6 Å². The van der Waals surface area contributed by atoms with E-state index in [2.05, 4.69) is 69.3 Å². The molecule has 10 heterocycles. The first kappa shape index (κ1) is 48.9. The van der Waals surface area contributed by atoms with Gasteiger partial charge in [-0.25, -0.2) is 55.6 Å². The van der Waals surface area contributed by atoms with Crippen molar-refractivity contribution in [1.29, 1.82) is 0 Å². The van der Waals surface area contributed by atoms with Crippen molar-refractivity contribution in [3.05, 3.63) is 117 Å². The molecule has 2 saturated carbocycles. The van der Waals surface area contributed by atoms with Crippen molar-refractivity contribution in [2.75, 3.05) is 26.2 Å². The second-order valence-corrected chi connectivity index (χ2v) is 19.2. The molecule has 3 N–H and O–H groups in total. The number of hydrogen-bond acceptors (Lipinski definition) is 12. The summed E-state index contributed by atoms with van der Waals surface area (Å²) in [4.78, 5) is 50.8. The maximum absolute atomic E-state index is 13.6. The minimum absolute atomic E-state index is 0. The van der Waals surface area contributed by atoms with Gasteiger partial charge in [0.15, 0.2) is 34.0 Å². The van der Waals surface area contributed by atoms with Crippen LogP contribution < -0.4 is 16.4 Å². The number of alkyl halides is 5. The van der Waals surface area contributed by atoms with Gasteiger partial charge >= 0.3 is 0 Å². The van der Waals surface area contributed by atoms with E-state index in [1.807, 2.05) is 48.8 Å². The molecule has 2 aliphatic carbocycles. The molecular formula is C47H57ClF4N16O2. The Bertz CT molecular complexity index is 3130. The smallest absolute Gasteiger partial charge is 0.276 e. The number of hydrogen-bond donors (Lipinski definition) is 3. The number of fused-ring (bicyclic) bond motifs is 4. The van der Waals surface area contributed by atoms with E-state index in [9.17, 15) is 27.2 Å². The van der Waals surface area contributed by atoms with Gasteiger partial charge in [0.2, 0.25) is 11.8 Å². The number of aromatic amines is 2. The van der Waals surface area contributed by atoms with Crippen LogP contribution in [0.2, 0.25) is 0 Å². The molecule has 4 atom stereocenters. The van der Waals surface area contributed by atoms with Crippen LogP contribution in [0.25, 0.3) is 22.3 Å². The van der Waals surface area contributed by atoms with Gasteiger partial charge in [-0.2, -0.15) is 15.3 Å². The minimum atomic E-state index is -2.61. The van der Waals surface area contributed by atoms with Gasteiger partial charge in [0.1, 0.15) is 23.3 Å². The van der Waals surface area contributed by atoms with E-state index < -0.39 is 11.8 Å². The number of imidazole rings is 2. The summed E-state index contributed by atoms with van der Waals surface area (Å²) in [7, 11) is 0. The van der Waals surface area contributed by atoms with Gasteiger partial charge < -0.3 is 15.3 Å². The molecule has 23 heteroatoms. The Balaban J connectivity index is 0.000000146. The van der Waals surface area contributed by atoms with Gasteiger partial charge in [0.05, 0.1) is 24.8 Å². The Morgan fingerprint density at radius 2 is 1.16 bits per heavy atom. The lowest BCUT2D eigenvalue weighted by Crippen LogP contribution is -2.26. The number of halogens is 5. The molecule has 4 aliphatic rings. The molecule has 2 saturated heterocycles. The van der Waals surface area contributed by atoms with E-state index in [4.69, 9.17) is 16.7 Å². The Morgan fingerprint density at radius 3 is 1.64 bits per heavy atom. The third-order valence-electron chi connectivity index (χ3n) is 14.0. The summed E-state index contributed by atoms with van der Waals surface area (Å²) in [5.41, 5.74) is 1.91. The van der Waals surface area contributed by atoms with Crippen LogP contribution in [0.1, 0.15) is 131 Å². The van der Waals surface area contributed by atoms with Crippen molar-refractivity contribution in [3.8, 4) is 0 Å². The lowest BCUT2D eigenvalue weighted by Gasteiger charge is -2.27. The molecule has 0 aromatic carbocycles. The number of nitrogens with one attached hydrogen (secondary N) is 3. The molecular weight excluding hydrogens is 932 g/mol. The fourth-order valence-electron chi connectivity index (χ4n) is 10.2. The number of nitrogens with zero attached hydrogens (tertiary/aromatic N) is 13. The molecule has 8 aromatic rings. The molecule has 0 bridgehead atoms. The van der Waals surface area contributed by atoms with Crippen LogP contribution in [-0.2, 0) is 12.4 Å². The van der Waals surface area contributed by atoms with Crippen molar-refractivity contribution in [3.63, 3.8) is 0 Å². The molecule has 4 fully saturated rings. The summed E-state index contributed by atoms with van der Waals surface area (Å²) in [5.74, 6) is -0.306. The fourth-order valence-corrected chi connectivity index (χ4v) is 10.3. The largest absolute Gasteiger partial charge is 0.316 e. The van der Waals surface area contributed by atoms with Crippen LogP contribution in [0.4, 0.5) is 17.6 Å². The normalized spacial score (nSPS) is 22.8. The molecule has 0 radical (unpaired) electrons. The third-order valence-corrected chi connectivity index (χ3v) is 14.3. The zero-order valence-electron chi connectivity index (χ0n) is 38.2. The van der Waals surface area contributed by atoms with Gasteiger partial charge in [-0.15, -0.1) is 16.7 Å². The Kier molecular flexibility index (Phi) is 13.9. The molecule has 8 aromatic heterocycles. The summed E-state index contributed by atoms with van der Waals surface area (Å²) in [6, 6.07) is 11.5. The maximum atomic E-state index is 13.6. The highest BCUT2D eigenvalue weighted by Gasteiger charge is 2.39. The van der Waals surface area contributed by atoms with Crippen LogP contribution in [0.15, 0.2) is 70.8 Å². The summed E-state index contributed by atoms with van der Waals surface area (Å²) in [5, 5.41) is 21.3. The lowest BCUT2D eigenvalue weighted by molar-refractivity contribution is -0.0394. The van der Waals surface area contributed by atoms with Gasteiger partial charge in [0, 0.05) is 81.4 Å². The second kappa shape index (κ2) is 19.9. The summed E-state index contributed by atoms with van der Waals surface area (Å²) in [6.45, 7) is 8.08. The zero-order valence-corrected chi connectivity index (χ0v) is 38.9. The monoisotopic (exact) mass is 988 g/mol. The number of H-pyrrole nitrogens is 2. The van der Waals surface area contributed by atoms with E-state index in [0.29, 0.717) is 90.7 Å². The first-order valence-electron chi connectivity index (χ1n) is 23.5. The molecule has 70 heavy (non-hydrogen) atoms. The summed E-state index contributed by atoms with van der Waals surface area (Å²) in [6.07, 6.45) is 7.56. The predicted octanol–water partition coefficient (Wildman–Crippen LogP) is 7.13. The van der Waals surface area contributed by atoms with Crippen LogP contribution in [0, 0.1) is 11.8 Å². The summed E-state index contributed by atoms with van der Waals surface area (Å²) < 4.78 is 60.7. The Morgan fingerprint density at radius 1 is 0.657 bits per heavy atom. The van der Waals surface area contributed by atoms with Crippen LogP contribution in [0.5, 0.6) is 0 Å². The maximum Gasteiger partial charge on any atom is 0.276 e. The third kappa shape index (κ3) is 10.2. The molecule has 18 nitrogen and oxygen atoms in total. The molecule has 12 rings (SSSR count). The molecule has 372 valence electrons. The quantitative estimate of drug-likeness (QED) is 0.108. The van der Waals surface area contributed by atoms with Crippen LogP contribution in [0.3, 0.4) is 0 Å². The number of aromatic nitrogens is 14. The average molecular weight is 990 g/mol. The Hall–Kier alpha value is -6.13. The predicted molar refractivity (Wildman–Crippen MR) is 254 cm³/mol. The first-order valence-corrected chi connectivity index (χ1v) is 24.1. The van der Waals surface area contributed by atoms with Gasteiger partial charge in [-0.05, 0) is 68.3 Å². The molecule has 2 unspecified atom stereocenters. The van der Waals surface area contributed by atoms with E-state index in [1.165, 1.54) is 12.4 Å². The minimum Gasteiger partial charge on any atom is -0.316 e. The van der Waals surface area contributed by atoms with E-state index in [1.54, 1.807) is 18.1 Å². The van der Waals surface area contributed by atoms with Crippen molar-refractivity contribution < 1.29 is 17.6 Å². The lowest BCUT2D eigenvalue weighted by atomic mass is 9.86. The highest BCUT2D eigenvalue weighted by Crippen LogP contribution is 2.42. The number of pyridine rings is 2. The van der Waals surface area contributed by atoms with Crippen molar-refractivity contribution in [2.45, 2.75) is 121 Å². The van der Waals surface area contributed by atoms with Crippen LogP contribution >= 0.6 is 11.6 Å². The van der Waals surface area contributed by atoms with Gasteiger partial charge in [0.25, 0.3) is 11.1 Å². The first-order chi connectivity index (χ1) is 33.2. The number of likely N-dealkylation sites (tertiary alicyclic amines) is 1. The second-order valence-electron chi connectivity index (χ2n) is 19.0. The molecule has 0 amide bonds. The van der Waals surface area contributed by atoms with Gasteiger partial charge in [-0.1, -0.05) is 33.4 Å². The van der Waals surface area contributed by atoms with E-state index >= 15 is 0 Å².